The molecule has 1 fully saturated rings. The maximum Gasteiger partial charge on any atom is 0.133 e. The first-order chi connectivity index (χ1) is 9.31. The van der Waals surface area contributed by atoms with E-state index in [9.17, 15) is 0 Å². The molecule has 1 heterocycles. The number of aryl methyl sites for hydroxylation is 2. The summed E-state index contributed by atoms with van der Waals surface area (Å²) in [5, 5.41) is 0. The van der Waals surface area contributed by atoms with Crippen molar-refractivity contribution in [2.45, 2.75) is 52.0 Å². The summed E-state index contributed by atoms with van der Waals surface area (Å²) < 4.78 is 0. The quantitative estimate of drug-likeness (QED) is 0.854. The Morgan fingerprint density at radius 2 is 2.21 bits per heavy atom. The van der Waals surface area contributed by atoms with Crippen LogP contribution in [0.2, 0.25) is 0 Å². The molecule has 0 saturated heterocycles. The van der Waals surface area contributed by atoms with Gasteiger partial charge in [0.25, 0.3) is 0 Å². The topological polar surface area (TPSA) is 42.2 Å². The van der Waals surface area contributed by atoms with Crippen molar-refractivity contribution in [1.29, 1.82) is 0 Å². The summed E-state index contributed by atoms with van der Waals surface area (Å²) in [4.78, 5) is 7.45. The lowest BCUT2D eigenvalue weighted by atomic mass is 10.1. The van der Waals surface area contributed by atoms with Crippen molar-refractivity contribution in [3.8, 4) is 0 Å². The standard InChI is InChI=1S/C16H25N3/c1-2-8-19(11-12-6-7-12)16-14(10-17)9-13-4-3-5-15(13)18-16/h9,12H,2-8,10-11,17H2,1H3. The van der Waals surface area contributed by atoms with E-state index >= 15 is 0 Å². The molecule has 0 spiro atoms. The predicted octanol–water partition coefficient (Wildman–Crippen LogP) is 2.66. The molecule has 0 aliphatic heterocycles. The first-order valence-corrected chi connectivity index (χ1v) is 7.78. The maximum absolute atomic E-state index is 5.96. The van der Waals surface area contributed by atoms with E-state index in [0.29, 0.717) is 6.54 Å². The van der Waals surface area contributed by atoms with Gasteiger partial charge >= 0.3 is 0 Å². The van der Waals surface area contributed by atoms with Crippen LogP contribution in [-0.4, -0.2) is 18.1 Å². The Labute approximate surface area is 116 Å². The summed E-state index contributed by atoms with van der Waals surface area (Å²) in [5.41, 5.74) is 9.96. The largest absolute Gasteiger partial charge is 0.356 e. The van der Waals surface area contributed by atoms with Crippen LogP contribution in [0.5, 0.6) is 0 Å². The molecular formula is C16H25N3. The van der Waals surface area contributed by atoms with Gasteiger partial charge in [0.05, 0.1) is 0 Å². The first-order valence-electron chi connectivity index (χ1n) is 7.78. The van der Waals surface area contributed by atoms with E-state index < -0.39 is 0 Å². The summed E-state index contributed by atoms with van der Waals surface area (Å²) in [7, 11) is 0. The van der Waals surface area contributed by atoms with Crippen LogP contribution in [0.15, 0.2) is 6.07 Å². The van der Waals surface area contributed by atoms with Gasteiger partial charge in [-0.2, -0.15) is 0 Å². The monoisotopic (exact) mass is 259 g/mol. The highest BCUT2D eigenvalue weighted by Gasteiger charge is 2.26. The van der Waals surface area contributed by atoms with Gasteiger partial charge in [-0.15, -0.1) is 0 Å². The Morgan fingerprint density at radius 1 is 1.37 bits per heavy atom. The van der Waals surface area contributed by atoms with Crippen LogP contribution in [-0.2, 0) is 19.4 Å². The second-order valence-electron chi connectivity index (χ2n) is 6.02. The fraction of sp³-hybridized carbons (Fsp3) is 0.688. The molecule has 0 bridgehead atoms. The summed E-state index contributed by atoms with van der Waals surface area (Å²) in [6, 6.07) is 2.32. The number of anilines is 1. The highest BCUT2D eigenvalue weighted by Crippen LogP contribution is 2.33. The van der Waals surface area contributed by atoms with Crippen LogP contribution >= 0.6 is 0 Å². The fourth-order valence-corrected chi connectivity index (χ4v) is 3.10. The van der Waals surface area contributed by atoms with Crippen LogP contribution < -0.4 is 10.6 Å². The lowest BCUT2D eigenvalue weighted by Gasteiger charge is -2.26. The zero-order valence-corrected chi connectivity index (χ0v) is 12.0. The molecule has 1 aromatic heterocycles. The third-order valence-corrected chi connectivity index (χ3v) is 4.30. The SMILES string of the molecule is CCCN(CC1CC1)c1nc2c(cc1CN)CCC2. The molecule has 2 aliphatic carbocycles. The molecule has 0 atom stereocenters. The zero-order chi connectivity index (χ0) is 13.2. The smallest absolute Gasteiger partial charge is 0.133 e. The van der Waals surface area contributed by atoms with Crippen LogP contribution in [0.1, 0.15) is 49.4 Å². The lowest BCUT2D eigenvalue weighted by Crippen LogP contribution is -2.29. The average Bonchev–Trinajstić information content (AvgIpc) is 3.12. The summed E-state index contributed by atoms with van der Waals surface area (Å²) in [5.74, 6) is 2.07. The molecule has 2 N–H and O–H groups in total. The molecule has 3 heteroatoms. The number of hydrogen-bond donors (Lipinski definition) is 1. The molecule has 3 nitrogen and oxygen atoms in total. The summed E-state index contributed by atoms with van der Waals surface area (Å²) in [6.07, 6.45) is 7.55. The third-order valence-electron chi connectivity index (χ3n) is 4.30. The molecule has 0 radical (unpaired) electrons. The minimum absolute atomic E-state index is 0.612. The van der Waals surface area contributed by atoms with E-state index in [0.717, 1.165) is 18.9 Å². The van der Waals surface area contributed by atoms with E-state index in [-0.39, 0.29) is 0 Å². The molecule has 19 heavy (non-hydrogen) atoms. The molecule has 104 valence electrons. The Bertz CT molecular complexity index is 452. The van der Waals surface area contributed by atoms with Crippen molar-refractivity contribution < 1.29 is 0 Å². The second kappa shape index (κ2) is 5.49. The van der Waals surface area contributed by atoms with Gasteiger partial charge in [0.15, 0.2) is 0 Å². The number of aromatic nitrogens is 1. The van der Waals surface area contributed by atoms with E-state index in [1.165, 1.54) is 61.3 Å². The van der Waals surface area contributed by atoms with E-state index in [2.05, 4.69) is 17.9 Å². The number of hydrogen-bond acceptors (Lipinski definition) is 3. The van der Waals surface area contributed by atoms with Gasteiger partial charge in [-0.3, -0.25) is 0 Å². The van der Waals surface area contributed by atoms with Crippen molar-refractivity contribution in [1.82, 2.24) is 4.98 Å². The van der Waals surface area contributed by atoms with Crippen molar-refractivity contribution in [3.05, 3.63) is 22.9 Å². The molecule has 2 aliphatic rings. The number of nitrogens with zero attached hydrogens (tertiary/aromatic N) is 2. The van der Waals surface area contributed by atoms with Gasteiger partial charge < -0.3 is 10.6 Å². The highest BCUT2D eigenvalue weighted by molar-refractivity contribution is 5.51. The second-order valence-corrected chi connectivity index (χ2v) is 6.02. The van der Waals surface area contributed by atoms with Gasteiger partial charge in [-0.1, -0.05) is 6.92 Å². The Balaban J connectivity index is 1.90. The molecular weight excluding hydrogens is 234 g/mol. The molecule has 0 unspecified atom stereocenters. The number of fused-ring (bicyclic) bond motifs is 1. The van der Waals surface area contributed by atoms with Gasteiger partial charge in [0.1, 0.15) is 5.82 Å². The molecule has 0 amide bonds. The van der Waals surface area contributed by atoms with Gasteiger partial charge in [-0.25, -0.2) is 4.98 Å². The minimum Gasteiger partial charge on any atom is -0.356 e. The van der Waals surface area contributed by atoms with Gasteiger partial charge in [0, 0.05) is 30.9 Å². The number of pyridine rings is 1. The molecule has 3 rings (SSSR count). The minimum atomic E-state index is 0.612. The van der Waals surface area contributed by atoms with E-state index in [1.54, 1.807) is 0 Å². The molecule has 1 saturated carbocycles. The van der Waals surface area contributed by atoms with Crippen LogP contribution in [0.25, 0.3) is 0 Å². The average molecular weight is 259 g/mol. The Hall–Kier alpha value is -1.09. The first kappa shape index (κ1) is 12.9. The highest BCUT2D eigenvalue weighted by atomic mass is 15.2. The number of rotatable bonds is 6. The number of nitrogens with two attached hydrogens (primary N) is 1. The Morgan fingerprint density at radius 3 is 2.89 bits per heavy atom. The van der Waals surface area contributed by atoms with Crippen LogP contribution in [0, 0.1) is 5.92 Å². The molecule has 0 aromatic carbocycles. The van der Waals surface area contributed by atoms with Gasteiger partial charge in [-0.05, 0) is 56.1 Å². The van der Waals surface area contributed by atoms with Crippen molar-refractivity contribution in [2.75, 3.05) is 18.0 Å². The Kier molecular flexibility index (Phi) is 3.74. The zero-order valence-electron chi connectivity index (χ0n) is 12.0. The van der Waals surface area contributed by atoms with Crippen LogP contribution in [0.3, 0.4) is 0 Å². The van der Waals surface area contributed by atoms with E-state index in [1.807, 2.05) is 0 Å². The third kappa shape index (κ3) is 2.76. The van der Waals surface area contributed by atoms with E-state index in [4.69, 9.17) is 10.7 Å². The van der Waals surface area contributed by atoms with Crippen molar-refractivity contribution >= 4 is 5.82 Å². The van der Waals surface area contributed by atoms with Gasteiger partial charge in [0.2, 0.25) is 0 Å². The van der Waals surface area contributed by atoms with Crippen molar-refractivity contribution in [2.24, 2.45) is 11.7 Å². The lowest BCUT2D eigenvalue weighted by molar-refractivity contribution is 0.692. The summed E-state index contributed by atoms with van der Waals surface area (Å²) in [6.45, 7) is 5.14. The van der Waals surface area contributed by atoms with Crippen LogP contribution in [0.4, 0.5) is 5.82 Å². The maximum atomic E-state index is 5.96. The summed E-state index contributed by atoms with van der Waals surface area (Å²) >= 11 is 0. The van der Waals surface area contributed by atoms with Crippen molar-refractivity contribution in [3.63, 3.8) is 0 Å². The molecule has 1 aromatic rings. The predicted molar refractivity (Wildman–Crippen MR) is 79.4 cm³/mol. The normalized spacial score (nSPS) is 17.6. The fourth-order valence-electron chi connectivity index (χ4n) is 3.10.